The van der Waals surface area contributed by atoms with Crippen LogP contribution < -0.4 is 15.0 Å². The summed E-state index contributed by atoms with van der Waals surface area (Å²) in [7, 11) is 0.339. The number of nitrogens with zero attached hydrogens (tertiary/aromatic N) is 2. The molecule has 0 spiro atoms. The molecule has 11 heteroatoms. The van der Waals surface area contributed by atoms with Crippen molar-refractivity contribution < 1.29 is 27.7 Å². The van der Waals surface area contributed by atoms with Gasteiger partial charge in [-0.1, -0.05) is 19.6 Å². The van der Waals surface area contributed by atoms with Gasteiger partial charge in [0.1, 0.15) is 6.73 Å². The Labute approximate surface area is 221 Å². The second-order valence-electron chi connectivity index (χ2n) is 11.3. The first-order valence-electron chi connectivity index (χ1n) is 13.1. The third kappa shape index (κ3) is 5.94. The summed E-state index contributed by atoms with van der Waals surface area (Å²) in [5.41, 5.74) is 2.50. The molecule has 0 bridgehead atoms. The number of hydrogen-bond acceptors (Lipinski definition) is 6. The van der Waals surface area contributed by atoms with Gasteiger partial charge in [-0.2, -0.15) is 13.9 Å². The maximum absolute atomic E-state index is 13.2. The highest BCUT2D eigenvalue weighted by Gasteiger charge is 2.38. The number of ether oxygens (including phenoxy) is 4. The van der Waals surface area contributed by atoms with Gasteiger partial charge < -0.3 is 23.5 Å². The van der Waals surface area contributed by atoms with E-state index in [1.165, 1.54) is 6.07 Å². The number of alkyl halides is 2. The Hall–Kier alpha value is -2.76. The van der Waals surface area contributed by atoms with Crippen molar-refractivity contribution in [3.8, 4) is 22.8 Å². The Kier molecular flexibility index (Phi) is 7.61. The molecule has 1 unspecified atom stereocenters. The average Bonchev–Trinajstić information content (AvgIpc) is 3.77. The lowest BCUT2D eigenvalue weighted by Gasteiger charge is -2.20. The van der Waals surface area contributed by atoms with Crippen LogP contribution in [0.4, 0.5) is 8.78 Å². The molecule has 2 fully saturated rings. The third-order valence-corrected chi connectivity index (χ3v) is 8.68. The normalized spacial score (nSPS) is 16.8. The van der Waals surface area contributed by atoms with Crippen molar-refractivity contribution in [2.75, 3.05) is 13.7 Å². The average molecular weight is 548 g/mol. The number of nitrogens with one attached hydrogen (secondary N) is 1. The molecule has 2 aliphatic carbocycles. The van der Waals surface area contributed by atoms with Crippen LogP contribution >= 0.6 is 0 Å². The molecule has 3 aromatic rings. The maximum Gasteiger partial charge on any atom is 0.387 e. The lowest BCUT2D eigenvalue weighted by atomic mass is 9.98. The number of H-pyrrole nitrogens is 1. The number of aromatic amines is 1. The molecule has 2 heterocycles. The van der Waals surface area contributed by atoms with E-state index in [0.717, 1.165) is 43.0 Å². The summed E-state index contributed by atoms with van der Waals surface area (Å²) in [5, 5.41) is 7.14. The van der Waals surface area contributed by atoms with Gasteiger partial charge in [0, 0.05) is 32.9 Å². The minimum Gasteiger partial charge on any atom is -0.487 e. The molecule has 2 saturated carbocycles. The number of methoxy groups -OCH3 is 1. The third-order valence-electron chi connectivity index (χ3n) is 6.98. The van der Waals surface area contributed by atoms with Gasteiger partial charge in [-0.25, -0.2) is 5.10 Å². The van der Waals surface area contributed by atoms with E-state index in [4.69, 9.17) is 18.9 Å². The first-order valence-corrected chi connectivity index (χ1v) is 16.8. The van der Waals surface area contributed by atoms with Gasteiger partial charge in [0.05, 0.1) is 35.0 Å². The lowest BCUT2D eigenvalue weighted by molar-refractivity contribution is -0.0516. The number of rotatable bonds is 13. The highest BCUT2D eigenvalue weighted by Crippen LogP contribution is 2.49. The summed E-state index contributed by atoms with van der Waals surface area (Å²) in [4.78, 5) is 13.2. The van der Waals surface area contributed by atoms with Crippen molar-refractivity contribution in [1.82, 2.24) is 14.8 Å². The standard InChI is InChI=1S/C27H35F2N3O5Si/c1-34-25(16-5-6-16)23-22-19(14-30-31-26(22)33)32(15-35-11-12-38(2,3)4)24(23)17-7-10-20(37-27(28)29)21(13-17)36-18-8-9-18/h7,10,13-14,16,18,25,27H,5-6,8-9,11-12,15H2,1-4H3,(H,31,33). The minimum absolute atomic E-state index is 0.0174. The molecule has 0 radical (unpaired) electrons. The van der Waals surface area contributed by atoms with Gasteiger partial charge in [-0.05, 0) is 55.8 Å². The van der Waals surface area contributed by atoms with Gasteiger partial charge in [-0.15, -0.1) is 0 Å². The van der Waals surface area contributed by atoms with E-state index in [-0.39, 0.29) is 41.9 Å². The Balaban J connectivity index is 1.66. The first kappa shape index (κ1) is 26.8. The van der Waals surface area contributed by atoms with Crippen molar-refractivity contribution in [2.45, 2.75) is 76.9 Å². The van der Waals surface area contributed by atoms with E-state index in [9.17, 15) is 13.6 Å². The summed E-state index contributed by atoms with van der Waals surface area (Å²) in [6.07, 6.45) is 5.01. The predicted molar refractivity (Wildman–Crippen MR) is 143 cm³/mol. The molecule has 2 aromatic heterocycles. The maximum atomic E-state index is 13.2. The summed E-state index contributed by atoms with van der Waals surface area (Å²) in [6, 6.07) is 5.93. The van der Waals surface area contributed by atoms with Crippen molar-refractivity contribution in [2.24, 2.45) is 5.92 Å². The fourth-order valence-corrected chi connectivity index (χ4v) is 5.50. The summed E-state index contributed by atoms with van der Waals surface area (Å²) >= 11 is 0. The van der Waals surface area contributed by atoms with Crippen LogP contribution in [0, 0.1) is 5.92 Å². The van der Waals surface area contributed by atoms with Crippen LogP contribution in [0.1, 0.15) is 37.4 Å². The summed E-state index contributed by atoms with van der Waals surface area (Å²) in [6.45, 7) is 4.69. The Bertz CT molecular complexity index is 1340. The van der Waals surface area contributed by atoms with Crippen molar-refractivity contribution in [1.29, 1.82) is 0 Å². The highest BCUT2D eigenvalue weighted by atomic mass is 28.3. The van der Waals surface area contributed by atoms with Crippen LogP contribution in [0.5, 0.6) is 11.5 Å². The monoisotopic (exact) mass is 547 g/mol. The summed E-state index contributed by atoms with van der Waals surface area (Å²) in [5.74, 6) is 0.512. The second-order valence-corrected chi connectivity index (χ2v) is 17.0. The summed E-state index contributed by atoms with van der Waals surface area (Å²) < 4.78 is 51.1. The van der Waals surface area contributed by atoms with E-state index in [2.05, 4.69) is 29.8 Å². The molecule has 1 atom stereocenters. The van der Waals surface area contributed by atoms with Gasteiger partial charge in [0.15, 0.2) is 11.5 Å². The number of benzene rings is 1. The quantitative estimate of drug-likeness (QED) is 0.210. The van der Waals surface area contributed by atoms with Crippen molar-refractivity contribution in [3.63, 3.8) is 0 Å². The van der Waals surface area contributed by atoms with E-state index in [1.807, 2.05) is 4.57 Å². The molecular weight excluding hydrogens is 512 g/mol. The van der Waals surface area contributed by atoms with E-state index in [0.29, 0.717) is 23.1 Å². The highest BCUT2D eigenvalue weighted by molar-refractivity contribution is 6.76. The molecule has 1 aromatic carbocycles. The van der Waals surface area contributed by atoms with Gasteiger partial charge in [-0.3, -0.25) is 4.79 Å². The Morgan fingerprint density at radius 3 is 2.55 bits per heavy atom. The second kappa shape index (κ2) is 10.8. The smallest absolute Gasteiger partial charge is 0.387 e. The Morgan fingerprint density at radius 1 is 1.16 bits per heavy atom. The van der Waals surface area contributed by atoms with Crippen molar-refractivity contribution >= 4 is 19.0 Å². The molecule has 0 amide bonds. The van der Waals surface area contributed by atoms with Crippen LogP contribution in [0.15, 0.2) is 29.2 Å². The van der Waals surface area contributed by atoms with E-state index in [1.54, 1.807) is 25.4 Å². The Morgan fingerprint density at radius 2 is 1.92 bits per heavy atom. The van der Waals surface area contributed by atoms with Crippen LogP contribution in [-0.2, 0) is 16.2 Å². The first-order chi connectivity index (χ1) is 18.2. The molecule has 0 saturated heterocycles. The molecule has 5 rings (SSSR count). The van der Waals surface area contributed by atoms with Crippen LogP contribution in [-0.4, -0.2) is 49.3 Å². The van der Waals surface area contributed by atoms with Gasteiger partial charge >= 0.3 is 6.61 Å². The molecule has 1 N–H and O–H groups in total. The number of aromatic nitrogens is 3. The molecule has 0 aliphatic heterocycles. The number of fused-ring (bicyclic) bond motifs is 1. The van der Waals surface area contributed by atoms with E-state index < -0.39 is 14.7 Å². The molecule has 38 heavy (non-hydrogen) atoms. The van der Waals surface area contributed by atoms with Gasteiger partial charge in [0.2, 0.25) is 0 Å². The minimum atomic E-state index is -2.97. The topological polar surface area (TPSA) is 87.6 Å². The number of hydrogen-bond donors (Lipinski definition) is 1. The molecule has 2 aliphatic rings. The van der Waals surface area contributed by atoms with E-state index >= 15 is 0 Å². The lowest BCUT2D eigenvalue weighted by Crippen LogP contribution is -2.22. The largest absolute Gasteiger partial charge is 0.487 e. The van der Waals surface area contributed by atoms with Gasteiger partial charge in [0.25, 0.3) is 5.56 Å². The van der Waals surface area contributed by atoms with Crippen LogP contribution in [0.25, 0.3) is 22.2 Å². The fourth-order valence-electron chi connectivity index (χ4n) is 4.75. The zero-order valence-electron chi connectivity index (χ0n) is 22.3. The van der Waals surface area contributed by atoms with Crippen LogP contribution in [0.3, 0.4) is 0 Å². The van der Waals surface area contributed by atoms with Crippen LogP contribution in [0.2, 0.25) is 25.7 Å². The predicted octanol–water partition coefficient (Wildman–Crippen LogP) is 5.94. The molecular formula is C27H35F2N3O5Si. The number of halogens is 2. The molecule has 206 valence electrons. The van der Waals surface area contributed by atoms with Crippen molar-refractivity contribution in [3.05, 3.63) is 40.3 Å². The SMILES string of the molecule is COC(c1c(-c2ccc(OC(F)F)c(OC3CC3)c2)n(COCC[Si](C)(C)C)c2cn[nH]c(=O)c12)C1CC1. The zero-order valence-corrected chi connectivity index (χ0v) is 23.3. The molecule has 8 nitrogen and oxygen atoms in total. The zero-order chi connectivity index (χ0) is 27.0. The fraction of sp³-hybridized carbons (Fsp3) is 0.556.